The van der Waals surface area contributed by atoms with E-state index >= 15 is 0 Å². The van der Waals surface area contributed by atoms with E-state index in [9.17, 15) is 8.78 Å². The first kappa shape index (κ1) is 16.6. The highest BCUT2D eigenvalue weighted by atomic mass is 19.3. The van der Waals surface area contributed by atoms with E-state index in [0.717, 1.165) is 31.6 Å². The Bertz CT molecular complexity index is 894. The molecule has 0 spiro atoms. The number of ether oxygens (including phenoxy) is 1. The van der Waals surface area contributed by atoms with Crippen LogP contribution in [-0.4, -0.2) is 45.1 Å². The lowest BCUT2D eigenvalue weighted by atomic mass is 10.1. The molecule has 4 heterocycles. The first-order valence-electron chi connectivity index (χ1n) is 8.41. The zero-order valence-corrected chi connectivity index (χ0v) is 13.9. The zero-order valence-electron chi connectivity index (χ0n) is 13.9. The van der Waals surface area contributed by atoms with Crippen molar-refractivity contribution in [2.75, 3.05) is 18.4 Å². The van der Waals surface area contributed by atoms with Crippen molar-refractivity contribution >= 4 is 11.6 Å². The van der Waals surface area contributed by atoms with Crippen LogP contribution in [0.3, 0.4) is 0 Å². The zero-order chi connectivity index (χ0) is 17.9. The summed E-state index contributed by atoms with van der Waals surface area (Å²) >= 11 is 0. The van der Waals surface area contributed by atoms with Gasteiger partial charge in [0.2, 0.25) is 5.95 Å². The van der Waals surface area contributed by atoms with Crippen molar-refractivity contribution in [3.8, 4) is 17.1 Å². The molecule has 1 atom stereocenters. The Morgan fingerprint density at radius 3 is 3.04 bits per heavy atom. The Morgan fingerprint density at radius 1 is 1.31 bits per heavy atom. The molecule has 9 heteroatoms. The second-order valence-electron chi connectivity index (χ2n) is 6.07. The van der Waals surface area contributed by atoms with Crippen molar-refractivity contribution in [2.24, 2.45) is 0 Å². The van der Waals surface area contributed by atoms with Crippen LogP contribution in [0.15, 0.2) is 36.8 Å². The number of imidazole rings is 1. The molecule has 1 fully saturated rings. The third-order valence-electron chi connectivity index (χ3n) is 4.26. The van der Waals surface area contributed by atoms with E-state index in [4.69, 9.17) is 0 Å². The maximum atomic E-state index is 12.3. The van der Waals surface area contributed by atoms with Gasteiger partial charge in [0.1, 0.15) is 11.4 Å². The van der Waals surface area contributed by atoms with Crippen molar-refractivity contribution in [1.82, 2.24) is 24.7 Å². The molecule has 0 saturated carbocycles. The summed E-state index contributed by atoms with van der Waals surface area (Å²) in [5.74, 6) is 0.628. The van der Waals surface area contributed by atoms with Gasteiger partial charge < -0.3 is 15.4 Å². The molecule has 26 heavy (non-hydrogen) atoms. The molecule has 3 aromatic rings. The van der Waals surface area contributed by atoms with Gasteiger partial charge in [0.15, 0.2) is 0 Å². The van der Waals surface area contributed by atoms with Crippen molar-refractivity contribution in [1.29, 1.82) is 0 Å². The van der Waals surface area contributed by atoms with Crippen LogP contribution >= 0.6 is 0 Å². The number of piperidine rings is 1. The van der Waals surface area contributed by atoms with Crippen molar-refractivity contribution in [2.45, 2.75) is 25.5 Å². The fourth-order valence-electron chi connectivity index (χ4n) is 3.06. The molecule has 136 valence electrons. The van der Waals surface area contributed by atoms with E-state index in [2.05, 4.69) is 30.3 Å². The highest BCUT2D eigenvalue weighted by Crippen LogP contribution is 2.23. The Labute approximate surface area is 148 Å². The minimum atomic E-state index is -2.86. The van der Waals surface area contributed by atoms with Crippen LogP contribution in [0.5, 0.6) is 5.75 Å². The molecule has 3 aromatic heterocycles. The highest BCUT2D eigenvalue weighted by molar-refractivity contribution is 5.61. The monoisotopic (exact) mass is 360 g/mol. The van der Waals surface area contributed by atoms with E-state index in [0.29, 0.717) is 23.3 Å². The number of nitrogens with one attached hydrogen (secondary N) is 2. The molecule has 0 aromatic carbocycles. The minimum Gasteiger partial charge on any atom is -0.435 e. The molecule has 7 nitrogen and oxygen atoms in total. The van der Waals surface area contributed by atoms with Gasteiger partial charge >= 0.3 is 6.61 Å². The van der Waals surface area contributed by atoms with Crippen molar-refractivity contribution < 1.29 is 13.5 Å². The summed E-state index contributed by atoms with van der Waals surface area (Å²) in [6.45, 7) is -0.939. The van der Waals surface area contributed by atoms with E-state index in [1.165, 1.54) is 12.1 Å². The number of fused-ring (bicyclic) bond motifs is 1. The van der Waals surface area contributed by atoms with Gasteiger partial charge in [-0.05, 0) is 31.5 Å². The largest absolute Gasteiger partial charge is 0.435 e. The van der Waals surface area contributed by atoms with Gasteiger partial charge in [-0.1, -0.05) is 0 Å². The summed E-state index contributed by atoms with van der Waals surface area (Å²) in [5, 5.41) is 6.69. The average Bonchev–Trinajstić information content (AvgIpc) is 3.05. The topological polar surface area (TPSA) is 76.4 Å². The number of aromatic nitrogens is 4. The second-order valence-corrected chi connectivity index (χ2v) is 6.07. The number of halogens is 2. The van der Waals surface area contributed by atoms with Gasteiger partial charge in [-0.3, -0.25) is 4.40 Å². The molecule has 1 saturated heterocycles. The standard InChI is InChI=1S/C17H18F2N6O/c18-16(19)26-12-4-7-25-14(10-22-15(25)8-12)13-3-6-21-17(24-13)23-11-2-1-5-20-9-11/h3-4,6-8,10-11,16,20H,1-2,5,9H2,(H,21,23,24). The molecule has 0 amide bonds. The molecule has 2 N–H and O–H groups in total. The molecule has 0 aliphatic carbocycles. The number of pyridine rings is 1. The molecule has 1 aliphatic heterocycles. The van der Waals surface area contributed by atoms with Crippen molar-refractivity contribution in [3.63, 3.8) is 0 Å². The van der Waals surface area contributed by atoms with Crippen LogP contribution in [-0.2, 0) is 0 Å². The van der Waals surface area contributed by atoms with Gasteiger partial charge in [-0.15, -0.1) is 0 Å². The number of hydrogen-bond acceptors (Lipinski definition) is 6. The number of nitrogens with zero attached hydrogens (tertiary/aromatic N) is 4. The first-order valence-corrected chi connectivity index (χ1v) is 8.41. The second kappa shape index (κ2) is 7.20. The Morgan fingerprint density at radius 2 is 2.23 bits per heavy atom. The number of anilines is 1. The third kappa shape index (κ3) is 3.57. The fourth-order valence-corrected chi connectivity index (χ4v) is 3.06. The summed E-state index contributed by atoms with van der Waals surface area (Å²) in [5.41, 5.74) is 1.94. The van der Waals surface area contributed by atoms with E-state index < -0.39 is 6.61 Å². The van der Waals surface area contributed by atoms with Crippen LogP contribution in [0.2, 0.25) is 0 Å². The van der Waals surface area contributed by atoms with E-state index in [1.54, 1.807) is 29.1 Å². The number of rotatable bonds is 5. The quantitative estimate of drug-likeness (QED) is 0.728. The number of alkyl halides is 2. The predicted molar refractivity (Wildman–Crippen MR) is 92.4 cm³/mol. The number of hydrogen-bond donors (Lipinski definition) is 2. The Kier molecular flexibility index (Phi) is 4.61. The molecular weight excluding hydrogens is 342 g/mol. The highest BCUT2D eigenvalue weighted by Gasteiger charge is 2.15. The predicted octanol–water partition coefficient (Wildman–Crippen LogP) is 2.56. The van der Waals surface area contributed by atoms with E-state index in [1.807, 2.05) is 0 Å². The summed E-state index contributed by atoms with van der Waals surface area (Å²) in [6, 6.07) is 5.02. The summed E-state index contributed by atoms with van der Waals surface area (Å²) in [7, 11) is 0. The van der Waals surface area contributed by atoms with Crippen LogP contribution in [0, 0.1) is 0 Å². The molecular formula is C17H18F2N6O. The van der Waals surface area contributed by atoms with Crippen LogP contribution in [0.25, 0.3) is 17.0 Å². The maximum absolute atomic E-state index is 12.3. The van der Waals surface area contributed by atoms with Gasteiger partial charge in [-0.25, -0.2) is 15.0 Å². The fraction of sp³-hybridized carbons (Fsp3) is 0.353. The SMILES string of the molecule is FC(F)Oc1ccn2c(-c3ccnc(NC4CCCNC4)n3)cnc2c1. The first-order chi connectivity index (χ1) is 12.7. The normalized spacial score (nSPS) is 17.6. The Balaban J connectivity index is 1.59. The lowest BCUT2D eigenvalue weighted by Gasteiger charge is -2.23. The summed E-state index contributed by atoms with van der Waals surface area (Å²) < 4.78 is 30.9. The summed E-state index contributed by atoms with van der Waals surface area (Å²) in [6.07, 6.45) is 7.16. The summed E-state index contributed by atoms with van der Waals surface area (Å²) in [4.78, 5) is 13.1. The van der Waals surface area contributed by atoms with Crippen molar-refractivity contribution in [3.05, 3.63) is 36.8 Å². The van der Waals surface area contributed by atoms with Crippen LogP contribution < -0.4 is 15.4 Å². The molecule has 4 rings (SSSR count). The Hall–Kier alpha value is -2.81. The minimum absolute atomic E-state index is 0.0690. The molecule has 1 aliphatic rings. The maximum Gasteiger partial charge on any atom is 0.387 e. The third-order valence-corrected chi connectivity index (χ3v) is 4.26. The van der Waals surface area contributed by atoms with Crippen LogP contribution in [0.4, 0.5) is 14.7 Å². The smallest absolute Gasteiger partial charge is 0.387 e. The molecule has 1 unspecified atom stereocenters. The lowest BCUT2D eigenvalue weighted by molar-refractivity contribution is -0.0498. The van der Waals surface area contributed by atoms with E-state index in [-0.39, 0.29) is 5.75 Å². The van der Waals surface area contributed by atoms with Gasteiger partial charge in [-0.2, -0.15) is 8.78 Å². The molecule has 0 radical (unpaired) electrons. The van der Waals surface area contributed by atoms with Gasteiger partial charge in [0.25, 0.3) is 0 Å². The molecule has 0 bridgehead atoms. The average molecular weight is 360 g/mol. The van der Waals surface area contributed by atoms with Gasteiger partial charge in [0, 0.05) is 31.0 Å². The van der Waals surface area contributed by atoms with Crippen LogP contribution in [0.1, 0.15) is 12.8 Å². The van der Waals surface area contributed by atoms with Gasteiger partial charge in [0.05, 0.1) is 17.6 Å². The lowest BCUT2D eigenvalue weighted by Crippen LogP contribution is -2.38.